The van der Waals surface area contributed by atoms with Gasteiger partial charge in [-0.1, -0.05) is 26.7 Å². The quantitative estimate of drug-likeness (QED) is 0.705. The summed E-state index contributed by atoms with van der Waals surface area (Å²) < 4.78 is 0. The van der Waals surface area contributed by atoms with Gasteiger partial charge in [0.25, 0.3) is 5.91 Å². The number of nitrogens with zero attached hydrogens (tertiary/aromatic N) is 3. The van der Waals surface area contributed by atoms with Crippen molar-refractivity contribution < 1.29 is 4.79 Å². The van der Waals surface area contributed by atoms with E-state index in [1.54, 1.807) is 6.20 Å². The van der Waals surface area contributed by atoms with Gasteiger partial charge in [-0.3, -0.25) is 9.78 Å². The summed E-state index contributed by atoms with van der Waals surface area (Å²) in [4.78, 5) is 29.7. The highest BCUT2D eigenvalue weighted by molar-refractivity contribution is 5.98. The highest BCUT2D eigenvalue weighted by atomic mass is 16.1. The van der Waals surface area contributed by atoms with Crippen LogP contribution in [0, 0.1) is 0 Å². The van der Waals surface area contributed by atoms with Crippen molar-refractivity contribution in [3.63, 3.8) is 0 Å². The molecule has 2 aliphatic rings. The zero-order valence-corrected chi connectivity index (χ0v) is 16.8. The van der Waals surface area contributed by atoms with E-state index in [1.165, 1.54) is 12.8 Å². The second-order valence-electron chi connectivity index (χ2n) is 8.53. The smallest absolute Gasteiger partial charge is 0.253 e. The molecule has 3 aromatic heterocycles. The van der Waals surface area contributed by atoms with E-state index in [4.69, 9.17) is 4.98 Å². The van der Waals surface area contributed by atoms with Gasteiger partial charge in [0.2, 0.25) is 0 Å². The predicted molar refractivity (Wildman–Crippen MR) is 112 cm³/mol. The minimum atomic E-state index is 0.00257. The molecule has 148 valence electrons. The lowest BCUT2D eigenvalue weighted by Crippen LogP contribution is -2.45. The molecule has 0 aromatic carbocycles. The van der Waals surface area contributed by atoms with Crippen LogP contribution in [0.3, 0.4) is 0 Å². The molecule has 0 unspecified atom stereocenters. The Kier molecular flexibility index (Phi) is 4.23. The van der Waals surface area contributed by atoms with Crippen LogP contribution >= 0.6 is 0 Å². The molecule has 1 aliphatic carbocycles. The SMILES string of the molecule is CC(C)c1ccc(-c2nccc(-c3cc4c([nH]3)C3(CCCC3)CNC4=O)n2)cn1. The monoisotopic (exact) mass is 387 g/mol. The van der Waals surface area contributed by atoms with E-state index in [1.807, 2.05) is 30.5 Å². The lowest BCUT2D eigenvalue weighted by molar-refractivity contribution is 0.0924. The number of carbonyl (C=O) groups is 1. The lowest BCUT2D eigenvalue weighted by Gasteiger charge is -2.33. The first-order chi connectivity index (χ1) is 14.1. The highest BCUT2D eigenvalue weighted by Gasteiger charge is 2.43. The Hall–Kier alpha value is -3.02. The number of pyridine rings is 1. The zero-order chi connectivity index (χ0) is 20.0. The summed E-state index contributed by atoms with van der Waals surface area (Å²) in [6, 6.07) is 7.87. The molecule has 5 rings (SSSR count). The fraction of sp³-hybridized carbons (Fsp3) is 0.391. The van der Waals surface area contributed by atoms with Gasteiger partial charge >= 0.3 is 0 Å². The van der Waals surface area contributed by atoms with E-state index >= 15 is 0 Å². The Labute approximate surface area is 170 Å². The Morgan fingerprint density at radius 1 is 1.10 bits per heavy atom. The summed E-state index contributed by atoms with van der Waals surface area (Å²) in [5.41, 5.74) is 5.49. The first-order valence-electron chi connectivity index (χ1n) is 10.4. The van der Waals surface area contributed by atoms with Gasteiger partial charge in [-0.25, -0.2) is 9.97 Å². The van der Waals surface area contributed by atoms with Crippen molar-refractivity contribution >= 4 is 5.91 Å². The van der Waals surface area contributed by atoms with E-state index < -0.39 is 0 Å². The largest absolute Gasteiger partial charge is 0.356 e. The maximum atomic E-state index is 12.5. The number of rotatable bonds is 3. The summed E-state index contributed by atoms with van der Waals surface area (Å²) in [6.07, 6.45) is 8.24. The topological polar surface area (TPSA) is 83.6 Å². The van der Waals surface area contributed by atoms with Crippen LogP contribution in [-0.2, 0) is 5.41 Å². The van der Waals surface area contributed by atoms with Crippen molar-refractivity contribution in [3.8, 4) is 22.8 Å². The van der Waals surface area contributed by atoms with Crippen LogP contribution in [0.1, 0.15) is 67.2 Å². The Morgan fingerprint density at radius 2 is 1.93 bits per heavy atom. The minimum absolute atomic E-state index is 0.00257. The number of amides is 1. The predicted octanol–water partition coefficient (Wildman–Crippen LogP) is 4.21. The fourth-order valence-corrected chi connectivity index (χ4v) is 4.63. The molecule has 6 heteroatoms. The third-order valence-corrected chi connectivity index (χ3v) is 6.31. The van der Waals surface area contributed by atoms with E-state index in [9.17, 15) is 4.79 Å². The molecule has 0 saturated heterocycles. The molecule has 1 fully saturated rings. The lowest BCUT2D eigenvalue weighted by atomic mass is 9.78. The number of hydrogen-bond acceptors (Lipinski definition) is 4. The van der Waals surface area contributed by atoms with Crippen molar-refractivity contribution in [3.05, 3.63) is 53.6 Å². The van der Waals surface area contributed by atoms with E-state index in [-0.39, 0.29) is 11.3 Å². The number of nitrogens with one attached hydrogen (secondary N) is 2. The maximum Gasteiger partial charge on any atom is 0.253 e. The van der Waals surface area contributed by atoms with Crippen LogP contribution in [0.2, 0.25) is 0 Å². The van der Waals surface area contributed by atoms with Crippen LogP contribution in [0.25, 0.3) is 22.8 Å². The van der Waals surface area contributed by atoms with Gasteiger partial charge in [-0.05, 0) is 43.0 Å². The molecule has 1 amide bonds. The third kappa shape index (κ3) is 3.03. The first-order valence-corrected chi connectivity index (χ1v) is 10.4. The average molecular weight is 387 g/mol. The zero-order valence-electron chi connectivity index (χ0n) is 16.8. The van der Waals surface area contributed by atoms with Gasteiger partial charge in [-0.2, -0.15) is 0 Å². The van der Waals surface area contributed by atoms with Crippen molar-refractivity contribution in [2.45, 2.75) is 50.9 Å². The van der Waals surface area contributed by atoms with Crippen molar-refractivity contribution in [1.29, 1.82) is 0 Å². The van der Waals surface area contributed by atoms with Gasteiger partial charge < -0.3 is 10.3 Å². The van der Waals surface area contributed by atoms with Crippen LogP contribution in [0.4, 0.5) is 0 Å². The van der Waals surface area contributed by atoms with Crippen molar-refractivity contribution in [2.75, 3.05) is 6.54 Å². The number of H-pyrrole nitrogens is 1. The van der Waals surface area contributed by atoms with Crippen molar-refractivity contribution in [2.24, 2.45) is 0 Å². The van der Waals surface area contributed by atoms with Gasteiger partial charge in [-0.15, -0.1) is 0 Å². The molecule has 0 atom stereocenters. The molecule has 2 N–H and O–H groups in total. The van der Waals surface area contributed by atoms with E-state index in [0.717, 1.165) is 53.3 Å². The summed E-state index contributed by atoms with van der Waals surface area (Å²) >= 11 is 0. The number of fused-ring (bicyclic) bond motifs is 2. The first kappa shape index (κ1) is 18.0. The highest BCUT2D eigenvalue weighted by Crippen LogP contribution is 2.44. The normalized spacial score (nSPS) is 17.6. The summed E-state index contributed by atoms with van der Waals surface area (Å²) in [5.74, 6) is 1.02. The van der Waals surface area contributed by atoms with Crippen LogP contribution in [0.15, 0.2) is 36.7 Å². The summed E-state index contributed by atoms with van der Waals surface area (Å²) in [5, 5.41) is 3.09. The van der Waals surface area contributed by atoms with Gasteiger partial charge in [0.1, 0.15) is 0 Å². The molecule has 6 nitrogen and oxygen atoms in total. The molecule has 1 saturated carbocycles. The molecule has 4 heterocycles. The summed E-state index contributed by atoms with van der Waals surface area (Å²) in [7, 11) is 0. The number of aromatic amines is 1. The van der Waals surface area contributed by atoms with Crippen LogP contribution in [0.5, 0.6) is 0 Å². The molecule has 0 radical (unpaired) electrons. The molecule has 1 spiro atoms. The molecule has 29 heavy (non-hydrogen) atoms. The number of aromatic nitrogens is 4. The molecular formula is C23H25N5O. The molecular weight excluding hydrogens is 362 g/mol. The standard InChI is InChI=1S/C23H25N5O/c1-14(2)17-6-5-15(12-25-17)21-24-10-7-18(28-21)19-11-16-20(27-19)23(8-3-4-9-23)13-26-22(16)29/h5-7,10-12,14,27H,3-4,8-9,13H2,1-2H3,(H,26,29). The molecule has 1 aliphatic heterocycles. The average Bonchev–Trinajstić information content (AvgIpc) is 3.40. The van der Waals surface area contributed by atoms with Crippen LogP contribution < -0.4 is 5.32 Å². The van der Waals surface area contributed by atoms with E-state index in [2.05, 4.69) is 34.1 Å². The molecule has 0 bridgehead atoms. The van der Waals surface area contributed by atoms with Crippen LogP contribution in [-0.4, -0.2) is 32.4 Å². The van der Waals surface area contributed by atoms with E-state index in [0.29, 0.717) is 11.7 Å². The van der Waals surface area contributed by atoms with Crippen molar-refractivity contribution in [1.82, 2.24) is 25.3 Å². The third-order valence-electron chi connectivity index (χ3n) is 6.31. The van der Waals surface area contributed by atoms with Gasteiger partial charge in [0.15, 0.2) is 5.82 Å². The molecule has 3 aromatic rings. The second kappa shape index (κ2) is 6.79. The Morgan fingerprint density at radius 3 is 2.66 bits per heavy atom. The fourth-order valence-electron chi connectivity index (χ4n) is 4.63. The minimum Gasteiger partial charge on any atom is -0.356 e. The maximum absolute atomic E-state index is 12.5. The number of hydrogen-bond donors (Lipinski definition) is 2. The number of carbonyl (C=O) groups excluding carboxylic acids is 1. The summed E-state index contributed by atoms with van der Waals surface area (Å²) in [6.45, 7) is 4.97. The Balaban J connectivity index is 1.53. The van der Waals surface area contributed by atoms with Gasteiger partial charge in [0, 0.05) is 41.3 Å². The second-order valence-corrected chi connectivity index (χ2v) is 8.53. The van der Waals surface area contributed by atoms with Gasteiger partial charge in [0.05, 0.1) is 17.0 Å². The Bertz CT molecular complexity index is 1060.